The third kappa shape index (κ3) is 2.61. The van der Waals surface area contributed by atoms with E-state index in [0.29, 0.717) is 5.92 Å². The molecule has 1 aromatic heterocycles. The quantitative estimate of drug-likeness (QED) is 0.718. The normalized spacial score (nSPS) is 16.4. The number of hydrogen-bond donors (Lipinski definition) is 2. The number of aromatic amines is 1. The molecule has 17 heavy (non-hydrogen) atoms. The van der Waals surface area contributed by atoms with Crippen LogP contribution in [-0.2, 0) is 9.53 Å². The number of H-pyrrole nitrogens is 1. The van der Waals surface area contributed by atoms with Crippen molar-refractivity contribution in [1.82, 2.24) is 20.5 Å². The van der Waals surface area contributed by atoms with Gasteiger partial charge < -0.3 is 10.1 Å². The maximum Gasteiger partial charge on any atom is 0.328 e. The fourth-order valence-corrected chi connectivity index (χ4v) is 1.41. The Hall–Kier alpha value is -1.92. The summed E-state index contributed by atoms with van der Waals surface area (Å²) in [7, 11) is 1.27. The molecule has 2 N–H and O–H groups in total. The van der Waals surface area contributed by atoms with E-state index in [0.717, 1.165) is 18.7 Å². The first-order valence-electron chi connectivity index (χ1n) is 5.42. The van der Waals surface area contributed by atoms with Gasteiger partial charge in [0.05, 0.1) is 7.11 Å². The van der Waals surface area contributed by atoms with E-state index in [1.807, 2.05) is 0 Å². The summed E-state index contributed by atoms with van der Waals surface area (Å²) in [5.74, 6) is 0.216. The van der Waals surface area contributed by atoms with Crippen molar-refractivity contribution in [3.8, 4) is 0 Å². The van der Waals surface area contributed by atoms with Gasteiger partial charge in [0.2, 0.25) is 5.82 Å². The predicted molar refractivity (Wildman–Crippen MR) is 57.3 cm³/mol. The van der Waals surface area contributed by atoms with Crippen LogP contribution >= 0.6 is 0 Å². The first kappa shape index (κ1) is 11.6. The number of amides is 1. The second-order valence-electron chi connectivity index (χ2n) is 4.04. The molecule has 7 nitrogen and oxygen atoms in total. The summed E-state index contributed by atoms with van der Waals surface area (Å²) < 4.78 is 4.50. The molecule has 0 aromatic carbocycles. The summed E-state index contributed by atoms with van der Waals surface area (Å²) in [4.78, 5) is 26.9. The smallest absolute Gasteiger partial charge is 0.328 e. The first-order valence-corrected chi connectivity index (χ1v) is 5.42. The van der Waals surface area contributed by atoms with Crippen LogP contribution in [0.3, 0.4) is 0 Å². The maximum atomic E-state index is 11.7. The van der Waals surface area contributed by atoms with Gasteiger partial charge in [-0.25, -0.2) is 9.78 Å². The van der Waals surface area contributed by atoms with E-state index in [-0.39, 0.29) is 5.82 Å². The van der Waals surface area contributed by atoms with E-state index < -0.39 is 17.9 Å². The molecular formula is C10H14N4O3. The highest BCUT2D eigenvalue weighted by Gasteiger charge is 2.28. The van der Waals surface area contributed by atoms with Crippen LogP contribution in [0.25, 0.3) is 0 Å². The minimum Gasteiger partial charge on any atom is -0.467 e. The molecule has 1 amide bonds. The van der Waals surface area contributed by atoms with Gasteiger partial charge in [-0.05, 0) is 19.8 Å². The SMILES string of the molecule is COC(=O)C(C)NC(=O)c1n[nH]c(C2CC2)n1. The van der Waals surface area contributed by atoms with Crippen LogP contribution in [0.1, 0.15) is 42.1 Å². The number of esters is 1. The third-order valence-electron chi connectivity index (χ3n) is 2.57. The van der Waals surface area contributed by atoms with Crippen LogP contribution in [0, 0.1) is 0 Å². The minimum absolute atomic E-state index is 0.0580. The minimum atomic E-state index is -0.713. The molecule has 1 aliphatic rings. The van der Waals surface area contributed by atoms with Crippen molar-refractivity contribution in [2.45, 2.75) is 31.7 Å². The Labute approximate surface area is 97.9 Å². The van der Waals surface area contributed by atoms with E-state index in [1.165, 1.54) is 14.0 Å². The monoisotopic (exact) mass is 238 g/mol. The number of nitrogens with zero attached hydrogens (tertiary/aromatic N) is 2. The number of hydrogen-bond acceptors (Lipinski definition) is 5. The maximum absolute atomic E-state index is 11.7. The summed E-state index contributed by atoms with van der Waals surface area (Å²) in [5.41, 5.74) is 0. The van der Waals surface area contributed by atoms with Gasteiger partial charge in [-0.2, -0.15) is 0 Å². The second-order valence-corrected chi connectivity index (χ2v) is 4.04. The van der Waals surface area contributed by atoms with Crippen LogP contribution in [0.15, 0.2) is 0 Å². The molecule has 1 heterocycles. The van der Waals surface area contributed by atoms with E-state index in [9.17, 15) is 9.59 Å². The van der Waals surface area contributed by atoms with Gasteiger partial charge in [-0.1, -0.05) is 0 Å². The predicted octanol–water partition coefficient (Wildman–Crippen LogP) is -0.0266. The van der Waals surface area contributed by atoms with Crippen molar-refractivity contribution >= 4 is 11.9 Å². The molecule has 0 radical (unpaired) electrons. The Morgan fingerprint density at radius 2 is 2.24 bits per heavy atom. The molecule has 0 aliphatic heterocycles. The van der Waals surface area contributed by atoms with Crippen LogP contribution in [0.5, 0.6) is 0 Å². The molecule has 7 heteroatoms. The van der Waals surface area contributed by atoms with Crippen molar-refractivity contribution in [2.24, 2.45) is 0 Å². The van der Waals surface area contributed by atoms with Crippen LogP contribution in [0.4, 0.5) is 0 Å². The molecule has 0 spiro atoms. The van der Waals surface area contributed by atoms with Crippen LogP contribution in [0.2, 0.25) is 0 Å². The van der Waals surface area contributed by atoms with Crippen molar-refractivity contribution in [2.75, 3.05) is 7.11 Å². The molecule has 1 saturated carbocycles. The number of rotatable bonds is 4. The zero-order chi connectivity index (χ0) is 12.4. The molecule has 1 fully saturated rings. The Balaban J connectivity index is 1.96. The zero-order valence-electron chi connectivity index (χ0n) is 9.69. The van der Waals surface area contributed by atoms with Gasteiger partial charge in [0.25, 0.3) is 5.91 Å². The molecular weight excluding hydrogens is 224 g/mol. The van der Waals surface area contributed by atoms with Gasteiger partial charge in [0.15, 0.2) is 0 Å². The zero-order valence-corrected chi connectivity index (χ0v) is 9.69. The van der Waals surface area contributed by atoms with Crippen molar-refractivity contribution in [3.05, 3.63) is 11.6 Å². The number of carbonyl (C=O) groups is 2. The average Bonchev–Trinajstić information content (AvgIpc) is 3.05. The standard InChI is InChI=1S/C10H14N4O3/c1-5(10(16)17-2)11-9(15)8-12-7(13-14-8)6-3-4-6/h5-6H,3-4H2,1-2H3,(H,11,15)(H,12,13,14). The molecule has 2 rings (SSSR count). The highest BCUT2D eigenvalue weighted by atomic mass is 16.5. The molecule has 0 bridgehead atoms. The number of nitrogens with one attached hydrogen (secondary N) is 2. The van der Waals surface area contributed by atoms with Crippen LogP contribution in [-0.4, -0.2) is 40.2 Å². The molecule has 1 unspecified atom stereocenters. The van der Waals surface area contributed by atoms with Crippen molar-refractivity contribution in [1.29, 1.82) is 0 Å². The third-order valence-corrected chi connectivity index (χ3v) is 2.57. The lowest BCUT2D eigenvalue weighted by molar-refractivity contribution is -0.142. The molecule has 0 saturated heterocycles. The molecule has 92 valence electrons. The van der Waals surface area contributed by atoms with Gasteiger partial charge in [0, 0.05) is 5.92 Å². The van der Waals surface area contributed by atoms with E-state index in [2.05, 4.69) is 25.2 Å². The van der Waals surface area contributed by atoms with E-state index in [1.54, 1.807) is 0 Å². The molecule has 1 aliphatic carbocycles. The highest BCUT2D eigenvalue weighted by Crippen LogP contribution is 2.37. The van der Waals surface area contributed by atoms with Gasteiger partial charge >= 0.3 is 5.97 Å². The fraction of sp³-hybridized carbons (Fsp3) is 0.600. The topological polar surface area (TPSA) is 97.0 Å². The first-order chi connectivity index (χ1) is 8.11. The average molecular weight is 238 g/mol. The Kier molecular flexibility index (Phi) is 3.08. The van der Waals surface area contributed by atoms with Crippen LogP contribution < -0.4 is 5.32 Å². The number of aromatic nitrogens is 3. The largest absolute Gasteiger partial charge is 0.467 e. The Morgan fingerprint density at radius 3 is 2.82 bits per heavy atom. The summed E-state index contributed by atoms with van der Waals surface area (Å²) in [6, 6.07) is -0.713. The second kappa shape index (κ2) is 4.52. The lowest BCUT2D eigenvalue weighted by atomic mass is 10.3. The Bertz CT molecular complexity index is 439. The summed E-state index contributed by atoms with van der Waals surface area (Å²) in [5, 5.41) is 9.00. The van der Waals surface area contributed by atoms with E-state index in [4.69, 9.17) is 0 Å². The van der Waals surface area contributed by atoms with Crippen molar-refractivity contribution < 1.29 is 14.3 Å². The number of methoxy groups -OCH3 is 1. The molecule has 1 aromatic rings. The summed E-state index contributed by atoms with van der Waals surface area (Å²) in [6.07, 6.45) is 2.16. The number of ether oxygens (including phenoxy) is 1. The van der Waals surface area contributed by atoms with Gasteiger partial charge in [0.1, 0.15) is 11.9 Å². The summed E-state index contributed by atoms with van der Waals surface area (Å²) >= 11 is 0. The lowest BCUT2D eigenvalue weighted by Gasteiger charge is -2.09. The van der Waals surface area contributed by atoms with Gasteiger partial charge in [-0.15, -0.1) is 5.10 Å². The summed E-state index contributed by atoms with van der Waals surface area (Å²) in [6.45, 7) is 1.54. The van der Waals surface area contributed by atoms with Crippen molar-refractivity contribution in [3.63, 3.8) is 0 Å². The fourth-order valence-electron chi connectivity index (χ4n) is 1.41. The molecule has 1 atom stereocenters. The van der Waals surface area contributed by atoms with E-state index >= 15 is 0 Å². The lowest BCUT2D eigenvalue weighted by Crippen LogP contribution is -2.39. The number of carbonyl (C=O) groups excluding carboxylic acids is 2. The Morgan fingerprint density at radius 1 is 1.53 bits per heavy atom. The van der Waals surface area contributed by atoms with Gasteiger partial charge in [-0.3, -0.25) is 9.89 Å². The highest BCUT2D eigenvalue weighted by molar-refractivity contribution is 5.93.